The van der Waals surface area contributed by atoms with Gasteiger partial charge in [-0.2, -0.15) is 0 Å². The fraction of sp³-hybridized carbons (Fsp3) is 0.538. The Kier molecular flexibility index (Phi) is 5.94. The van der Waals surface area contributed by atoms with E-state index in [4.69, 9.17) is 5.73 Å². The molecule has 1 aromatic carbocycles. The van der Waals surface area contributed by atoms with Crippen LogP contribution in [0, 0.1) is 12.7 Å². The monoisotopic (exact) mass is 322 g/mol. The lowest BCUT2D eigenvalue weighted by atomic mass is 9.93. The van der Waals surface area contributed by atoms with Gasteiger partial charge in [-0.15, -0.1) is 12.4 Å². The lowest BCUT2D eigenvalue weighted by Crippen LogP contribution is -2.40. The Bertz CT molecular complexity index is 557. The molecule has 2 rings (SSSR count). The summed E-state index contributed by atoms with van der Waals surface area (Å²) in [4.78, 5) is -0.276. The summed E-state index contributed by atoms with van der Waals surface area (Å²) >= 11 is 0. The summed E-state index contributed by atoms with van der Waals surface area (Å²) in [6, 6.07) is 4.39. The topological polar surface area (TPSA) is 72.2 Å². The van der Waals surface area contributed by atoms with Gasteiger partial charge in [-0.05, 0) is 44.2 Å². The van der Waals surface area contributed by atoms with Gasteiger partial charge in [0.05, 0.1) is 0 Å². The van der Waals surface area contributed by atoms with Crippen LogP contribution in [0.2, 0.25) is 0 Å². The molecule has 0 heterocycles. The number of sulfonamides is 1. The molecule has 4 nitrogen and oxygen atoms in total. The molecule has 0 spiro atoms. The molecule has 0 bridgehead atoms. The maximum Gasteiger partial charge on any atom is 0.243 e. The molecule has 0 aromatic heterocycles. The summed E-state index contributed by atoms with van der Waals surface area (Å²) in [5.41, 5.74) is 6.11. The summed E-state index contributed by atoms with van der Waals surface area (Å²) in [6.45, 7) is 1.55. The van der Waals surface area contributed by atoms with Gasteiger partial charge in [0.25, 0.3) is 0 Å². The Hall–Kier alpha value is -0.690. The molecule has 1 fully saturated rings. The van der Waals surface area contributed by atoms with Crippen molar-refractivity contribution in [3.8, 4) is 0 Å². The van der Waals surface area contributed by atoms with Crippen molar-refractivity contribution >= 4 is 22.4 Å². The zero-order valence-corrected chi connectivity index (χ0v) is 12.9. The predicted molar refractivity (Wildman–Crippen MR) is 78.9 cm³/mol. The van der Waals surface area contributed by atoms with Crippen molar-refractivity contribution in [2.45, 2.75) is 49.6 Å². The van der Waals surface area contributed by atoms with Crippen molar-refractivity contribution < 1.29 is 12.8 Å². The second-order valence-electron chi connectivity index (χ2n) is 5.12. The fourth-order valence-electron chi connectivity index (χ4n) is 2.35. The highest BCUT2D eigenvalue weighted by atomic mass is 35.5. The second-order valence-corrected chi connectivity index (χ2v) is 6.80. The van der Waals surface area contributed by atoms with E-state index in [2.05, 4.69) is 4.72 Å². The average Bonchev–Trinajstić information content (AvgIpc) is 2.35. The standard InChI is InChI=1S/C13H19FN2O2S.ClH/c1-9-3-2-4-12(13(9)14)19(17,18)16-11-7-5-10(15)6-8-11;/h2-4,10-11,16H,5-8,15H2,1H3;1H. The van der Waals surface area contributed by atoms with E-state index in [1.54, 1.807) is 19.1 Å². The molecule has 0 aliphatic heterocycles. The normalized spacial score (nSPS) is 23.1. The number of hydrogen-bond acceptors (Lipinski definition) is 3. The summed E-state index contributed by atoms with van der Waals surface area (Å²) in [7, 11) is -3.80. The summed E-state index contributed by atoms with van der Waals surface area (Å²) < 4.78 is 40.8. The second kappa shape index (κ2) is 6.85. The van der Waals surface area contributed by atoms with Crippen molar-refractivity contribution in [3.05, 3.63) is 29.6 Å². The molecule has 3 N–H and O–H groups in total. The van der Waals surface area contributed by atoms with Crippen LogP contribution in [-0.4, -0.2) is 20.5 Å². The largest absolute Gasteiger partial charge is 0.328 e. The molecule has 0 atom stereocenters. The zero-order valence-electron chi connectivity index (χ0n) is 11.3. The molecule has 0 unspecified atom stereocenters. The van der Waals surface area contributed by atoms with Crippen LogP contribution in [0.4, 0.5) is 4.39 Å². The minimum Gasteiger partial charge on any atom is -0.328 e. The molecule has 1 saturated carbocycles. The van der Waals surface area contributed by atoms with E-state index in [1.807, 2.05) is 0 Å². The highest BCUT2D eigenvalue weighted by Crippen LogP contribution is 2.21. The SMILES string of the molecule is Cc1cccc(S(=O)(=O)NC2CCC(N)CC2)c1F.Cl. The molecule has 1 aliphatic carbocycles. The molecule has 1 aliphatic rings. The number of nitrogens with one attached hydrogen (secondary N) is 1. The molecule has 114 valence electrons. The Morgan fingerprint density at radius 1 is 1.25 bits per heavy atom. The van der Waals surface area contributed by atoms with E-state index in [0.717, 1.165) is 12.8 Å². The number of nitrogens with two attached hydrogens (primary N) is 1. The minimum absolute atomic E-state index is 0. The van der Waals surface area contributed by atoms with Crippen LogP contribution in [0.5, 0.6) is 0 Å². The molecular formula is C13H20ClFN2O2S. The zero-order chi connectivity index (χ0) is 14.0. The van der Waals surface area contributed by atoms with E-state index in [-0.39, 0.29) is 29.4 Å². The number of halogens is 2. The van der Waals surface area contributed by atoms with Gasteiger partial charge in [0.2, 0.25) is 10.0 Å². The van der Waals surface area contributed by atoms with Gasteiger partial charge < -0.3 is 5.73 Å². The minimum atomic E-state index is -3.80. The smallest absolute Gasteiger partial charge is 0.243 e. The third-order valence-corrected chi connectivity index (χ3v) is 5.08. The first-order valence-electron chi connectivity index (χ1n) is 6.43. The van der Waals surface area contributed by atoms with Gasteiger partial charge in [0, 0.05) is 12.1 Å². The first kappa shape index (κ1) is 17.4. The van der Waals surface area contributed by atoms with Crippen LogP contribution in [0.15, 0.2) is 23.1 Å². The molecule has 20 heavy (non-hydrogen) atoms. The van der Waals surface area contributed by atoms with Gasteiger partial charge in [-0.25, -0.2) is 17.5 Å². The number of rotatable bonds is 3. The predicted octanol–water partition coefficient (Wildman–Crippen LogP) is 2.10. The highest BCUT2D eigenvalue weighted by molar-refractivity contribution is 7.89. The summed E-state index contributed by atoms with van der Waals surface area (Å²) in [6.07, 6.45) is 2.99. The quantitative estimate of drug-likeness (QED) is 0.895. The van der Waals surface area contributed by atoms with Crippen LogP contribution in [0.1, 0.15) is 31.2 Å². The summed E-state index contributed by atoms with van der Waals surface area (Å²) in [5, 5.41) is 0. The average molecular weight is 323 g/mol. The molecule has 0 amide bonds. The maximum atomic E-state index is 13.9. The van der Waals surface area contributed by atoms with Crippen molar-refractivity contribution in [1.82, 2.24) is 4.72 Å². The Balaban J connectivity index is 0.00000200. The highest BCUT2D eigenvalue weighted by Gasteiger charge is 2.26. The van der Waals surface area contributed by atoms with Crippen LogP contribution in [0.25, 0.3) is 0 Å². The molecule has 1 aromatic rings. The van der Waals surface area contributed by atoms with Crippen molar-refractivity contribution in [1.29, 1.82) is 0 Å². The molecule has 0 saturated heterocycles. The fourth-order valence-corrected chi connectivity index (χ4v) is 3.80. The first-order chi connectivity index (χ1) is 8.90. The van der Waals surface area contributed by atoms with Crippen LogP contribution < -0.4 is 10.5 Å². The van der Waals surface area contributed by atoms with E-state index in [1.165, 1.54) is 6.07 Å². The lowest BCUT2D eigenvalue weighted by molar-refractivity contribution is 0.373. The Morgan fingerprint density at radius 2 is 1.85 bits per heavy atom. The van der Waals surface area contributed by atoms with Gasteiger partial charge in [-0.1, -0.05) is 12.1 Å². The van der Waals surface area contributed by atoms with Crippen molar-refractivity contribution in [2.24, 2.45) is 5.73 Å². The van der Waals surface area contributed by atoms with Gasteiger partial charge >= 0.3 is 0 Å². The van der Waals surface area contributed by atoms with E-state index in [9.17, 15) is 12.8 Å². The first-order valence-corrected chi connectivity index (χ1v) is 7.91. The van der Waals surface area contributed by atoms with E-state index >= 15 is 0 Å². The number of hydrogen-bond donors (Lipinski definition) is 2. The van der Waals surface area contributed by atoms with Crippen molar-refractivity contribution in [2.75, 3.05) is 0 Å². The summed E-state index contributed by atoms with van der Waals surface area (Å²) in [5.74, 6) is -0.678. The molecular weight excluding hydrogens is 303 g/mol. The van der Waals surface area contributed by atoms with Crippen LogP contribution in [0.3, 0.4) is 0 Å². The van der Waals surface area contributed by atoms with E-state index in [0.29, 0.717) is 18.4 Å². The Morgan fingerprint density at radius 3 is 2.45 bits per heavy atom. The Labute approximate surface area is 125 Å². The van der Waals surface area contributed by atoms with Gasteiger partial charge in [0.15, 0.2) is 0 Å². The van der Waals surface area contributed by atoms with Crippen LogP contribution >= 0.6 is 12.4 Å². The third kappa shape index (κ3) is 3.91. The maximum absolute atomic E-state index is 13.9. The van der Waals surface area contributed by atoms with Crippen molar-refractivity contribution in [3.63, 3.8) is 0 Å². The molecule has 7 heteroatoms. The van der Waals surface area contributed by atoms with Crippen LogP contribution in [-0.2, 0) is 10.0 Å². The number of aryl methyl sites for hydroxylation is 1. The van der Waals surface area contributed by atoms with Gasteiger partial charge in [-0.3, -0.25) is 0 Å². The third-order valence-electron chi connectivity index (χ3n) is 3.54. The number of benzene rings is 1. The van der Waals surface area contributed by atoms with E-state index < -0.39 is 15.8 Å². The lowest BCUT2D eigenvalue weighted by Gasteiger charge is -2.26. The molecule has 0 radical (unpaired) electrons. The van der Waals surface area contributed by atoms with Gasteiger partial charge in [0.1, 0.15) is 10.7 Å².